The van der Waals surface area contributed by atoms with E-state index in [9.17, 15) is 9.90 Å². The summed E-state index contributed by atoms with van der Waals surface area (Å²) in [6.07, 6.45) is 5.45. The van der Waals surface area contributed by atoms with Crippen molar-refractivity contribution in [3.63, 3.8) is 0 Å². The normalized spacial score (nSPS) is 15.5. The first-order chi connectivity index (χ1) is 12.6. The second-order valence-corrected chi connectivity index (χ2v) is 6.59. The maximum absolute atomic E-state index is 12.6. The number of aliphatic hydroxyl groups is 1. The fourth-order valence-electron chi connectivity index (χ4n) is 3.37. The van der Waals surface area contributed by atoms with Gasteiger partial charge in [0.1, 0.15) is 12.6 Å². The molecule has 8 heteroatoms. The van der Waals surface area contributed by atoms with E-state index in [0.717, 1.165) is 18.7 Å². The number of carbonyl (C=O) groups excluding carboxylic acids is 1. The molecule has 4 rings (SSSR count). The molecule has 0 fully saturated rings. The maximum Gasteiger partial charge on any atom is 0.242 e. The van der Waals surface area contributed by atoms with Gasteiger partial charge in [-0.15, -0.1) is 0 Å². The van der Waals surface area contributed by atoms with Crippen LogP contribution >= 0.6 is 0 Å². The Balaban J connectivity index is 1.52. The molecule has 0 radical (unpaired) electrons. The van der Waals surface area contributed by atoms with Crippen LogP contribution < -0.4 is 0 Å². The Morgan fingerprint density at radius 1 is 1.31 bits per heavy atom. The number of aryl methyl sites for hydroxylation is 2. The summed E-state index contributed by atoms with van der Waals surface area (Å²) in [5, 5.41) is 19.3. The highest BCUT2D eigenvalue weighted by molar-refractivity contribution is 5.76. The third kappa shape index (κ3) is 3.15. The summed E-state index contributed by atoms with van der Waals surface area (Å²) in [7, 11) is 1.79. The van der Waals surface area contributed by atoms with E-state index in [1.807, 2.05) is 44.7 Å². The molecule has 1 aliphatic heterocycles. The molecule has 1 amide bonds. The molecular weight excluding hydrogens is 332 g/mol. The number of amides is 1. The predicted octanol–water partition coefficient (Wildman–Crippen LogP) is 0.932. The van der Waals surface area contributed by atoms with Crippen LogP contribution in [0.15, 0.2) is 42.9 Å². The minimum Gasteiger partial charge on any atom is -0.380 e. The standard InChI is InChI=1S/C18H22N6O2/c1-21-16(5-6-19-21)18(26)15-11-14-12-23(9-4-10-24(14)20-15)17(25)13-22-7-2-3-8-22/h2-3,5-8,11,18,26H,4,9-10,12-13H2,1H3/t18-/m0/s1. The minimum absolute atomic E-state index is 0.0876. The summed E-state index contributed by atoms with van der Waals surface area (Å²) < 4.78 is 5.42. The molecule has 0 spiro atoms. The third-order valence-corrected chi connectivity index (χ3v) is 4.79. The van der Waals surface area contributed by atoms with Crippen LogP contribution in [0.3, 0.4) is 0 Å². The highest BCUT2D eigenvalue weighted by atomic mass is 16.3. The van der Waals surface area contributed by atoms with Gasteiger partial charge in [0, 0.05) is 38.7 Å². The summed E-state index contributed by atoms with van der Waals surface area (Å²) >= 11 is 0. The number of aliphatic hydroxyl groups excluding tert-OH is 1. The minimum atomic E-state index is -0.828. The largest absolute Gasteiger partial charge is 0.380 e. The quantitative estimate of drug-likeness (QED) is 0.756. The van der Waals surface area contributed by atoms with Crippen LogP contribution in [0.4, 0.5) is 0 Å². The molecule has 8 nitrogen and oxygen atoms in total. The molecule has 3 aromatic heterocycles. The highest BCUT2D eigenvalue weighted by Gasteiger charge is 2.24. The van der Waals surface area contributed by atoms with Gasteiger partial charge in [-0.3, -0.25) is 14.2 Å². The zero-order valence-corrected chi connectivity index (χ0v) is 14.7. The summed E-state index contributed by atoms with van der Waals surface area (Å²) in [5.41, 5.74) is 2.22. The monoisotopic (exact) mass is 354 g/mol. The molecule has 0 bridgehead atoms. The number of hydrogen-bond acceptors (Lipinski definition) is 4. The Kier molecular flexibility index (Phi) is 4.34. The lowest BCUT2D eigenvalue weighted by atomic mass is 10.2. The van der Waals surface area contributed by atoms with Crippen molar-refractivity contribution in [2.75, 3.05) is 6.54 Å². The van der Waals surface area contributed by atoms with Crippen LogP contribution in [-0.4, -0.2) is 46.6 Å². The summed E-state index contributed by atoms with van der Waals surface area (Å²) in [4.78, 5) is 14.5. The molecule has 4 heterocycles. The fraction of sp³-hybridized carbons (Fsp3) is 0.389. The smallest absolute Gasteiger partial charge is 0.242 e. The van der Waals surface area contributed by atoms with Gasteiger partial charge in [0.05, 0.1) is 23.6 Å². The maximum atomic E-state index is 12.6. The van der Waals surface area contributed by atoms with Crippen LogP contribution in [-0.2, 0) is 31.5 Å². The number of hydrogen-bond donors (Lipinski definition) is 1. The number of fused-ring (bicyclic) bond motifs is 1. The molecule has 0 unspecified atom stereocenters. The molecule has 1 aliphatic rings. The van der Waals surface area contributed by atoms with E-state index in [1.54, 1.807) is 24.0 Å². The van der Waals surface area contributed by atoms with Crippen LogP contribution in [0.2, 0.25) is 0 Å². The molecule has 0 saturated carbocycles. The molecule has 136 valence electrons. The zero-order chi connectivity index (χ0) is 18.1. The van der Waals surface area contributed by atoms with Crippen molar-refractivity contribution in [1.82, 2.24) is 29.0 Å². The Hall–Kier alpha value is -2.87. The van der Waals surface area contributed by atoms with Gasteiger partial charge < -0.3 is 14.6 Å². The molecule has 0 aromatic carbocycles. The molecule has 0 aliphatic carbocycles. The lowest BCUT2D eigenvalue weighted by Crippen LogP contribution is -2.33. The topological polar surface area (TPSA) is 81.1 Å². The number of rotatable bonds is 4. The SMILES string of the molecule is Cn1nccc1[C@@H](O)c1cc2n(n1)CCCN(C(=O)Cn1cccc1)C2. The zero-order valence-electron chi connectivity index (χ0n) is 14.7. The van der Waals surface area contributed by atoms with Gasteiger partial charge in [0.15, 0.2) is 0 Å². The van der Waals surface area contributed by atoms with Crippen LogP contribution in [0.5, 0.6) is 0 Å². The first-order valence-corrected chi connectivity index (χ1v) is 8.73. The molecule has 1 N–H and O–H groups in total. The first-order valence-electron chi connectivity index (χ1n) is 8.73. The van der Waals surface area contributed by atoms with Crippen molar-refractivity contribution in [2.24, 2.45) is 7.05 Å². The van der Waals surface area contributed by atoms with E-state index in [-0.39, 0.29) is 5.91 Å². The second-order valence-electron chi connectivity index (χ2n) is 6.59. The van der Waals surface area contributed by atoms with E-state index >= 15 is 0 Å². The van der Waals surface area contributed by atoms with Crippen molar-refractivity contribution in [2.45, 2.75) is 32.2 Å². The van der Waals surface area contributed by atoms with Gasteiger partial charge >= 0.3 is 0 Å². The van der Waals surface area contributed by atoms with Crippen molar-refractivity contribution in [1.29, 1.82) is 0 Å². The third-order valence-electron chi connectivity index (χ3n) is 4.79. The average molecular weight is 354 g/mol. The number of aromatic nitrogens is 5. The Morgan fingerprint density at radius 3 is 2.85 bits per heavy atom. The van der Waals surface area contributed by atoms with E-state index in [2.05, 4.69) is 10.2 Å². The van der Waals surface area contributed by atoms with Crippen molar-refractivity contribution in [3.8, 4) is 0 Å². The summed E-state index contributed by atoms with van der Waals surface area (Å²) in [6.45, 7) is 2.29. The van der Waals surface area contributed by atoms with Gasteiger partial charge in [0.25, 0.3) is 0 Å². The van der Waals surface area contributed by atoms with Crippen molar-refractivity contribution < 1.29 is 9.90 Å². The summed E-state index contributed by atoms with van der Waals surface area (Å²) in [5.74, 6) is 0.0876. The predicted molar refractivity (Wildman–Crippen MR) is 94.0 cm³/mol. The highest BCUT2D eigenvalue weighted by Crippen LogP contribution is 2.23. The van der Waals surface area contributed by atoms with Crippen LogP contribution in [0.25, 0.3) is 0 Å². The van der Waals surface area contributed by atoms with Gasteiger partial charge in [-0.2, -0.15) is 10.2 Å². The Labute approximate surface area is 151 Å². The van der Waals surface area contributed by atoms with E-state index in [0.29, 0.717) is 31.0 Å². The van der Waals surface area contributed by atoms with Gasteiger partial charge in [-0.25, -0.2) is 0 Å². The van der Waals surface area contributed by atoms with E-state index in [1.165, 1.54) is 0 Å². The number of carbonyl (C=O) groups is 1. The Bertz CT molecular complexity index is 895. The van der Waals surface area contributed by atoms with Crippen LogP contribution in [0, 0.1) is 0 Å². The van der Waals surface area contributed by atoms with E-state index in [4.69, 9.17) is 0 Å². The van der Waals surface area contributed by atoms with Gasteiger partial charge in [0.2, 0.25) is 5.91 Å². The first kappa shape index (κ1) is 16.6. The summed E-state index contributed by atoms with van der Waals surface area (Å²) in [6, 6.07) is 7.49. The number of nitrogens with zero attached hydrogens (tertiary/aromatic N) is 6. The molecular formula is C18H22N6O2. The van der Waals surface area contributed by atoms with Crippen molar-refractivity contribution >= 4 is 5.91 Å². The average Bonchev–Trinajstić information content (AvgIpc) is 3.34. The van der Waals surface area contributed by atoms with Gasteiger partial charge in [-0.1, -0.05) is 0 Å². The lowest BCUT2D eigenvalue weighted by Gasteiger charge is -2.20. The van der Waals surface area contributed by atoms with Crippen molar-refractivity contribution in [3.05, 3.63) is 59.9 Å². The molecule has 26 heavy (non-hydrogen) atoms. The molecule has 3 aromatic rings. The lowest BCUT2D eigenvalue weighted by molar-refractivity contribution is -0.132. The second kappa shape index (κ2) is 6.80. The molecule has 0 saturated heterocycles. The molecule has 1 atom stereocenters. The van der Waals surface area contributed by atoms with E-state index < -0.39 is 6.10 Å². The Morgan fingerprint density at radius 2 is 2.12 bits per heavy atom. The van der Waals surface area contributed by atoms with Crippen LogP contribution in [0.1, 0.15) is 29.6 Å². The van der Waals surface area contributed by atoms with Gasteiger partial charge in [-0.05, 0) is 30.7 Å². The fourth-order valence-corrected chi connectivity index (χ4v) is 3.37.